The Balaban J connectivity index is 1.76. The fourth-order valence-corrected chi connectivity index (χ4v) is 2.71. The van der Waals surface area contributed by atoms with E-state index in [4.69, 9.17) is 11.6 Å². The number of nitrogens with one attached hydrogen (secondary N) is 2. The van der Waals surface area contributed by atoms with Crippen LogP contribution in [0.2, 0.25) is 5.02 Å². The van der Waals surface area contributed by atoms with Gasteiger partial charge in [0, 0.05) is 22.6 Å². The zero-order valence-electron chi connectivity index (χ0n) is 14.0. The van der Waals surface area contributed by atoms with E-state index in [9.17, 15) is 4.79 Å². The van der Waals surface area contributed by atoms with Crippen LogP contribution in [0.5, 0.6) is 0 Å². The highest BCUT2D eigenvalue weighted by Gasteiger charge is 2.08. The Morgan fingerprint density at radius 2 is 1.56 bits per heavy atom. The molecule has 0 aliphatic carbocycles. The average Bonchev–Trinajstić information content (AvgIpc) is 2.56. The molecule has 1 amide bonds. The maximum atomic E-state index is 12.5. The van der Waals surface area contributed by atoms with Crippen LogP contribution in [-0.4, -0.2) is 10.9 Å². The molecular weight excluding hydrogens is 334 g/mol. The topological polar surface area (TPSA) is 54.0 Å². The van der Waals surface area contributed by atoms with Crippen molar-refractivity contribution in [2.24, 2.45) is 0 Å². The molecule has 1 aromatic heterocycles. The monoisotopic (exact) mass is 351 g/mol. The number of amides is 1. The summed E-state index contributed by atoms with van der Waals surface area (Å²) >= 11 is 5.89. The van der Waals surface area contributed by atoms with Gasteiger partial charge in [-0.2, -0.15) is 0 Å². The number of benzene rings is 2. The number of aromatic nitrogens is 1. The van der Waals surface area contributed by atoms with E-state index in [0.29, 0.717) is 10.6 Å². The van der Waals surface area contributed by atoms with Gasteiger partial charge < -0.3 is 10.6 Å². The molecule has 0 unspecified atom stereocenters. The molecule has 0 bridgehead atoms. The first kappa shape index (κ1) is 17.0. The number of aryl methyl sites for hydroxylation is 2. The Morgan fingerprint density at radius 1 is 0.880 bits per heavy atom. The fraction of sp³-hybridized carbons (Fsp3) is 0.100. The predicted molar refractivity (Wildman–Crippen MR) is 103 cm³/mol. The molecule has 4 nitrogen and oxygen atoms in total. The molecule has 2 aromatic carbocycles. The molecule has 0 aliphatic heterocycles. The third-order valence-corrected chi connectivity index (χ3v) is 3.86. The number of carbonyl (C=O) groups excluding carboxylic acids is 1. The molecule has 2 N–H and O–H groups in total. The van der Waals surface area contributed by atoms with Crippen molar-refractivity contribution in [1.29, 1.82) is 0 Å². The zero-order valence-corrected chi connectivity index (χ0v) is 14.8. The van der Waals surface area contributed by atoms with Gasteiger partial charge in [0.15, 0.2) is 0 Å². The summed E-state index contributed by atoms with van der Waals surface area (Å²) in [5.41, 5.74) is 5.07. The smallest absolute Gasteiger partial charge is 0.257 e. The van der Waals surface area contributed by atoms with Gasteiger partial charge in [-0.1, -0.05) is 17.7 Å². The van der Waals surface area contributed by atoms with Gasteiger partial charge in [-0.15, -0.1) is 0 Å². The van der Waals surface area contributed by atoms with Crippen LogP contribution in [0.15, 0.2) is 60.9 Å². The van der Waals surface area contributed by atoms with Gasteiger partial charge in [0.25, 0.3) is 5.91 Å². The number of rotatable bonds is 4. The molecule has 3 aromatic rings. The number of halogens is 1. The van der Waals surface area contributed by atoms with Crippen LogP contribution in [0.25, 0.3) is 0 Å². The molecular formula is C20H18ClN3O. The summed E-state index contributed by atoms with van der Waals surface area (Å²) in [6.45, 7) is 4.00. The van der Waals surface area contributed by atoms with Crippen molar-refractivity contribution < 1.29 is 4.79 Å². The minimum Gasteiger partial charge on any atom is -0.354 e. The molecule has 0 saturated heterocycles. The Kier molecular flexibility index (Phi) is 5.00. The van der Waals surface area contributed by atoms with Crippen molar-refractivity contribution in [1.82, 2.24) is 4.98 Å². The molecule has 0 radical (unpaired) electrons. The molecule has 0 spiro atoms. The van der Waals surface area contributed by atoms with Crippen LogP contribution in [0, 0.1) is 13.8 Å². The standard InChI is InChI=1S/C20H18ClN3O/c1-13-7-14(2)9-18(8-13)24-20(25)15-10-19(12-22-11-15)23-17-5-3-16(21)4-6-17/h3-12,23H,1-2H3,(H,24,25). The quantitative estimate of drug-likeness (QED) is 0.666. The number of hydrogen-bond donors (Lipinski definition) is 2. The van der Waals surface area contributed by atoms with E-state index in [1.165, 1.54) is 0 Å². The first-order chi connectivity index (χ1) is 12.0. The second-order valence-corrected chi connectivity index (χ2v) is 6.36. The summed E-state index contributed by atoms with van der Waals surface area (Å²) in [5, 5.41) is 6.79. The minimum atomic E-state index is -0.197. The lowest BCUT2D eigenvalue weighted by atomic mass is 10.1. The largest absolute Gasteiger partial charge is 0.354 e. The molecule has 126 valence electrons. The number of pyridine rings is 1. The van der Waals surface area contributed by atoms with E-state index < -0.39 is 0 Å². The Morgan fingerprint density at radius 3 is 2.24 bits per heavy atom. The lowest BCUT2D eigenvalue weighted by Gasteiger charge is -2.10. The lowest BCUT2D eigenvalue weighted by Crippen LogP contribution is -2.12. The van der Waals surface area contributed by atoms with E-state index in [1.54, 1.807) is 30.6 Å². The molecule has 1 heterocycles. The van der Waals surface area contributed by atoms with Crippen molar-refractivity contribution in [2.75, 3.05) is 10.6 Å². The highest BCUT2D eigenvalue weighted by atomic mass is 35.5. The van der Waals surface area contributed by atoms with Crippen molar-refractivity contribution in [3.05, 3.63) is 82.6 Å². The van der Waals surface area contributed by atoms with Crippen LogP contribution in [0.4, 0.5) is 17.1 Å². The SMILES string of the molecule is Cc1cc(C)cc(NC(=O)c2cncc(Nc3ccc(Cl)cc3)c2)c1. The first-order valence-electron chi connectivity index (χ1n) is 7.87. The molecule has 0 saturated carbocycles. The van der Waals surface area contributed by atoms with Crippen LogP contribution >= 0.6 is 11.6 Å². The minimum absolute atomic E-state index is 0.197. The number of carbonyl (C=O) groups is 1. The third kappa shape index (κ3) is 4.58. The molecule has 5 heteroatoms. The van der Waals surface area contributed by atoms with Gasteiger partial charge >= 0.3 is 0 Å². The Bertz CT molecular complexity index is 887. The highest BCUT2D eigenvalue weighted by Crippen LogP contribution is 2.20. The van der Waals surface area contributed by atoms with Gasteiger partial charge in [0.05, 0.1) is 17.4 Å². The van der Waals surface area contributed by atoms with Crippen molar-refractivity contribution in [3.63, 3.8) is 0 Å². The van der Waals surface area contributed by atoms with E-state index in [0.717, 1.165) is 28.2 Å². The first-order valence-corrected chi connectivity index (χ1v) is 8.25. The molecule has 3 rings (SSSR count). The summed E-state index contributed by atoms with van der Waals surface area (Å²) in [6, 6.07) is 15.0. The maximum absolute atomic E-state index is 12.5. The second kappa shape index (κ2) is 7.36. The van der Waals surface area contributed by atoms with Gasteiger partial charge in [0.2, 0.25) is 0 Å². The average molecular weight is 352 g/mol. The summed E-state index contributed by atoms with van der Waals surface area (Å²) in [7, 11) is 0. The summed E-state index contributed by atoms with van der Waals surface area (Å²) < 4.78 is 0. The number of nitrogens with zero attached hydrogens (tertiary/aromatic N) is 1. The van der Waals surface area contributed by atoms with Gasteiger partial charge in [-0.05, 0) is 67.4 Å². The van der Waals surface area contributed by atoms with Crippen LogP contribution in [0.3, 0.4) is 0 Å². The highest BCUT2D eigenvalue weighted by molar-refractivity contribution is 6.30. The predicted octanol–water partition coefficient (Wildman–Crippen LogP) is 5.35. The van der Waals surface area contributed by atoms with Crippen LogP contribution < -0.4 is 10.6 Å². The van der Waals surface area contributed by atoms with E-state index in [-0.39, 0.29) is 5.91 Å². The second-order valence-electron chi connectivity index (χ2n) is 5.92. The Hall–Kier alpha value is -2.85. The number of anilines is 3. The summed E-state index contributed by atoms with van der Waals surface area (Å²) in [5.74, 6) is -0.197. The summed E-state index contributed by atoms with van der Waals surface area (Å²) in [4.78, 5) is 16.6. The zero-order chi connectivity index (χ0) is 17.8. The number of hydrogen-bond acceptors (Lipinski definition) is 3. The molecule has 0 aliphatic rings. The van der Waals surface area contributed by atoms with E-state index in [2.05, 4.69) is 21.7 Å². The Labute approximate surface area is 151 Å². The van der Waals surface area contributed by atoms with Gasteiger partial charge in [-0.3, -0.25) is 9.78 Å². The van der Waals surface area contributed by atoms with Crippen molar-refractivity contribution in [2.45, 2.75) is 13.8 Å². The van der Waals surface area contributed by atoms with Crippen molar-refractivity contribution >= 4 is 34.6 Å². The maximum Gasteiger partial charge on any atom is 0.257 e. The molecule has 0 atom stereocenters. The molecule has 0 fully saturated rings. The van der Waals surface area contributed by atoms with Gasteiger partial charge in [-0.25, -0.2) is 0 Å². The van der Waals surface area contributed by atoms with Crippen molar-refractivity contribution in [3.8, 4) is 0 Å². The normalized spacial score (nSPS) is 10.4. The fourth-order valence-electron chi connectivity index (χ4n) is 2.58. The van der Waals surface area contributed by atoms with Gasteiger partial charge in [0.1, 0.15) is 0 Å². The van der Waals surface area contributed by atoms with E-state index >= 15 is 0 Å². The molecule has 25 heavy (non-hydrogen) atoms. The van der Waals surface area contributed by atoms with E-state index in [1.807, 2.05) is 38.1 Å². The van der Waals surface area contributed by atoms with Crippen LogP contribution in [0.1, 0.15) is 21.5 Å². The summed E-state index contributed by atoms with van der Waals surface area (Å²) in [6.07, 6.45) is 3.22. The van der Waals surface area contributed by atoms with Crippen LogP contribution in [-0.2, 0) is 0 Å². The third-order valence-electron chi connectivity index (χ3n) is 3.61. The lowest BCUT2D eigenvalue weighted by molar-refractivity contribution is 0.102.